The lowest BCUT2D eigenvalue weighted by Crippen LogP contribution is -1.95. The molecule has 0 heterocycles. The normalized spacial score (nSPS) is 10.1. The molecule has 0 fully saturated rings. The Morgan fingerprint density at radius 3 is 2.19 bits per heavy atom. The molecule has 16 heavy (non-hydrogen) atoms. The summed E-state index contributed by atoms with van der Waals surface area (Å²) in [5.41, 5.74) is 2.47. The molecule has 0 spiro atoms. The molecule has 0 radical (unpaired) electrons. The summed E-state index contributed by atoms with van der Waals surface area (Å²) in [5.74, 6) is 0.918. The second-order valence-electron chi connectivity index (χ2n) is 3.73. The Kier molecular flexibility index (Phi) is 3.83. The van der Waals surface area contributed by atoms with Crippen LogP contribution in [0.25, 0.3) is 0 Å². The van der Waals surface area contributed by atoms with Gasteiger partial charge in [0.2, 0.25) is 0 Å². The van der Waals surface area contributed by atoms with Gasteiger partial charge in [-0.3, -0.25) is 0 Å². The van der Waals surface area contributed by atoms with Crippen LogP contribution in [0.2, 0.25) is 0 Å². The van der Waals surface area contributed by atoms with Crippen molar-refractivity contribution in [2.24, 2.45) is 0 Å². The number of hydrogen-bond donors (Lipinski definition) is 0. The van der Waals surface area contributed by atoms with Gasteiger partial charge in [0.25, 0.3) is 0 Å². The molecule has 0 saturated heterocycles. The minimum absolute atomic E-state index is 0.626. The lowest BCUT2D eigenvalue weighted by Gasteiger charge is -2.06. The Hall–Kier alpha value is -1.03. The highest BCUT2D eigenvalue weighted by molar-refractivity contribution is 14.1. The van der Waals surface area contributed by atoms with Crippen LogP contribution < -0.4 is 4.74 Å². The first-order valence-corrected chi connectivity index (χ1v) is 6.26. The summed E-state index contributed by atoms with van der Waals surface area (Å²) in [4.78, 5) is 0. The summed E-state index contributed by atoms with van der Waals surface area (Å²) >= 11 is 2.28. The highest BCUT2D eigenvalue weighted by Crippen LogP contribution is 2.15. The van der Waals surface area contributed by atoms with Gasteiger partial charge in [0.05, 0.1) is 0 Å². The summed E-state index contributed by atoms with van der Waals surface area (Å²) in [5, 5.41) is 0. The zero-order chi connectivity index (χ0) is 11.4. The smallest absolute Gasteiger partial charge is 0.119 e. The standard InChI is InChI=1S/C14H13IO/c1-11-2-4-12(5-3-11)10-16-14-8-6-13(15)7-9-14/h2-9H,10H2,1H3. The van der Waals surface area contributed by atoms with E-state index in [1.807, 2.05) is 24.3 Å². The van der Waals surface area contributed by atoms with Crippen molar-refractivity contribution in [2.75, 3.05) is 0 Å². The van der Waals surface area contributed by atoms with Crippen LogP contribution in [0.15, 0.2) is 48.5 Å². The Labute approximate surface area is 110 Å². The molecule has 0 unspecified atom stereocenters. The van der Waals surface area contributed by atoms with E-state index in [-0.39, 0.29) is 0 Å². The van der Waals surface area contributed by atoms with Crippen molar-refractivity contribution >= 4 is 22.6 Å². The van der Waals surface area contributed by atoms with Crippen LogP contribution in [0.4, 0.5) is 0 Å². The Balaban J connectivity index is 1.97. The summed E-state index contributed by atoms with van der Waals surface area (Å²) in [6, 6.07) is 16.5. The van der Waals surface area contributed by atoms with Crippen molar-refractivity contribution in [3.63, 3.8) is 0 Å². The van der Waals surface area contributed by atoms with E-state index in [9.17, 15) is 0 Å². The second kappa shape index (κ2) is 5.34. The number of halogens is 1. The maximum atomic E-state index is 5.68. The first kappa shape index (κ1) is 11.5. The van der Waals surface area contributed by atoms with Crippen LogP contribution in [0.1, 0.15) is 11.1 Å². The van der Waals surface area contributed by atoms with E-state index in [0.29, 0.717) is 6.61 Å². The highest BCUT2D eigenvalue weighted by Gasteiger charge is 1.95. The molecule has 82 valence electrons. The van der Waals surface area contributed by atoms with Crippen molar-refractivity contribution in [3.05, 3.63) is 63.2 Å². The fraction of sp³-hybridized carbons (Fsp3) is 0.143. The van der Waals surface area contributed by atoms with Gasteiger partial charge in [0, 0.05) is 3.57 Å². The van der Waals surface area contributed by atoms with Gasteiger partial charge in [0.15, 0.2) is 0 Å². The van der Waals surface area contributed by atoms with Crippen molar-refractivity contribution in [3.8, 4) is 5.75 Å². The van der Waals surface area contributed by atoms with Gasteiger partial charge in [-0.05, 0) is 59.3 Å². The second-order valence-corrected chi connectivity index (χ2v) is 4.97. The summed E-state index contributed by atoms with van der Waals surface area (Å²) in [6.45, 7) is 2.71. The molecular weight excluding hydrogens is 311 g/mol. The van der Waals surface area contributed by atoms with Gasteiger partial charge in [0.1, 0.15) is 12.4 Å². The summed E-state index contributed by atoms with van der Waals surface area (Å²) in [6.07, 6.45) is 0. The summed E-state index contributed by atoms with van der Waals surface area (Å²) in [7, 11) is 0. The highest BCUT2D eigenvalue weighted by atomic mass is 127. The van der Waals surface area contributed by atoms with Crippen molar-refractivity contribution in [1.29, 1.82) is 0 Å². The van der Waals surface area contributed by atoms with E-state index in [2.05, 4.69) is 53.8 Å². The average molecular weight is 324 g/mol. The van der Waals surface area contributed by atoms with Gasteiger partial charge in [-0.15, -0.1) is 0 Å². The molecule has 0 bridgehead atoms. The lowest BCUT2D eigenvalue weighted by atomic mass is 10.2. The monoisotopic (exact) mass is 324 g/mol. The van der Waals surface area contributed by atoms with Crippen molar-refractivity contribution in [2.45, 2.75) is 13.5 Å². The first-order chi connectivity index (χ1) is 7.74. The number of benzene rings is 2. The Morgan fingerprint density at radius 1 is 0.938 bits per heavy atom. The molecule has 0 amide bonds. The van der Waals surface area contributed by atoms with Crippen LogP contribution in [0, 0.1) is 10.5 Å². The van der Waals surface area contributed by atoms with E-state index in [4.69, 9.17) is 4.74 Å². The minimum Gasteiger partial charge on any atom is -0.489 e. The third kappa shape index (κ3) is 3.23. The number of hydrogen-bond acceptors (Lipinski definition) is 1. The molecule has 0 aliphatic heterocycles. The largest absolute Gasteiger partial charge is 0.489 e. The van der Waals surface area contributed by atoms with Gasteiger partial charge in [-0.25, -0.2) is 0 Å². The quantitative estimate of drug-likeness (QED) is 0.770. The molecular formula is C14H13IO. The minimum atomic E-state index is 0.626. The molecule has 0 aliphatic carbocycles. The zero-order valence-corrected chi connectivity index (χ0v) is 11.3. The molecule has 2 rings (SSSR count). The Morgan fingerprint density at radius 2 is 1.56 bits per heavy atom. The maximum Gasteiger partial charge on any atom is 0.119 e. The molecule has 0 aromatic heterocycles. The van der Waals surface area contributed by atoms with E-state index in [1.165, 1.54) is 14.7 Å². The third-order valence-corrected chi connectivity index (χ3v) is 3.06. The number of aryl methyl sites for hydroxylation is 1. The van der Waals surface area contributed by atoms with E-state index >= 15 is 0 Å². The third-order valence-electron chi connectivity index (χ3n) is 2.34. The summed E-state index contributed by atoms with van der Waals surface area (Å²) < 4.78 is 6.91. The molecule has 0 saturated carbocycles. The van der Waals surface area contributed by atoms with Gasteiger partial charge < -0.3 is 4.74 Å². The van der Waals surface area contributed by atoms with Crippen molar-refractivity contribution < 1.29 is 4.74 Å². The first-order valence-electron chi connectivity index (χ1n) is 5.18. The van der Waals surface area contributed by atoms with Gasteiger partial charge >= 0.3 is 0 Å². The van der Waals surface area contributed by atoms with Crippen LogP contribution in [-0.4, -0.2) is 0 Å². The SMILES string of the molecule is Cc1ccc(COc2ccc(I)cc2)cc1. The molecule has 0 aliphatic rings. The van der Waals surface area contributed by atoms with Crippen LogP contribution in [-0.2, 0) is 6.61 Å². The molecule has 1 nitrogen and oxygen atoms in total. The topological polar surface area (TPSA) is 9.23 Å². The molecule has 2 heteroatoms. The van der Waals surface area contributed by atoms with Crippen molar-refractivity contribution in [1.82, 2.24) is 0 Å². The predicted octanol–water partition coefficient (Wildman–Crippen LogP) is 4.18. The predicted molar refractivity (Wildman–Crippen MR) is 74.7 cm³/mol. The fourth-order valence-electron chi connectivity index (χ4n) is 1.38. The van der Waals surface area contributed by atoms with E-state index in [0.717, 1.165) is 5.75 Å². The Bertz CT molecular complexity index is 400. The zero-order valence-electron chi connectivity index (χ0n) is 9.11. The molecule has 2 aromatic rings. The van der Waals surface area contributed by atoms with Crippen LogP contribution in [0.5, 0.6) is 5.75 Å². The molecule has 2 aromatic carbocycles. The van der Waals surface area contributed by atoms with Crippen LogP contribution in [0.3, 0.4) is 0 Å². The van der Waals surface area contributed by atoms with Crippen LogP contribution >= 0.6 is 22.6 Å². The van der Waals surface area contributed by atoms with E-state index in [1.54, 1.807) is 0 Å². The van der Waals surface area contributed by atoms with Gasteiger partial charge in [-0.1, -0.05) is 29.8 Å². The van der Waals surface area contributed by atoms with E-state index < -0.39 is 0 Å². The number of ether oxygens (including phenoxy) is 1. The molecule has 0 N–H and O–H groups in total. The fourth-order valence-corrected chi connectivity index (χ4v) is 1.74. The molecule has 0 atom stereocenters. The average Bonchev–Trinajstić information content (AvgIpc) is 2.30. The van der Waals surface area contributed by atoms with Gasteiger partial charge in [-0.2, -0.15) is 0 Å². The maximum absolute atomic E-state index is 5.68. The lowest BCUT2D eigenvalue weighted by molar-refractivity contribution is 0.306. The number of rotatable bonds is 3.